The normalized spacial score (nSPS) is 14.1. The molecule has 0 aliphatic carbocycles. The van der Waals surface area contributed by atoms with Crippen LogP contribution in [0.5, 0.6) is 0 Å². The fourth-order valence-electron chi connectivity index (χ4n) is 2.32. The van der Waals surface area contributed by atoms with E-state index in [0.717, 1.165) is 11.1 Å². The molecular formula is C20H24O3. The first kappa shape index (κ1) is 17.2. The third-order valence-electron chi connectivity index (χ3n) is 3.61. The van der Waals surface area contributed by atoms with Gasteiger partial charge in [-0.05, 0) is 44.4 Å². The Morgan fingerprint density at radius 2 is 1.48 bits per heavy atom. The molecule has 0 aliphatic rings. The largest absolute Gasteiger partial charge is 0.460 e. The van der Waals surface area contributed by atoms with E-state index in [4.69, 9.17) is 4.74 Å². The molecule has 2 rings (SSSR count). The van der Waals surface area contributed by atoms with Gasteiger partial charge in [-0.3, -0.25) is 4.79 Å². The van der Waals surface area contributed by atoms with Gasteiger partial charge in [0.15, 0.2) is 0 Å². The molecule has 0 amide bonds. The molecule has 2 aromatic rings. The number of hydrogen-bond donors (Lipinski definition) is 1. The van der Waals surface area contributed by atoms with Gasteiger partial charge in [-0.2, -0.15) is 0 Å². The zero-order chi connectivity index (χ0) is 17.0. The molecule has 122 valence electrons. The molecule has 0 spiro atoms. The molecule has 0 unspecified atom stereocenters. The Kier molecular flexibility index (Phi) is 5.22. The lowest BCUT2D eigenvalue weighted by molar-refractivity contribution is -0.163. The van der Waals surface area contributed by atoms with Crippen LogP contribution in [-0.2, 0) is 9.53 Å². The molecule has 0 fully saturated rings. The molecule has 0 radical (unpaired) electrons. The number of hydrogen-bond acceptors (Lipinski definition) is 3. The van der Waals surface area contributed by atoms with E-state index >= 15 is 0 Å². The van der Waals surface area contributed by atoms with Crippen molar-refractivity contribution in [3.63, 3.8) is 0 Å². The Labute approximate surface area is 137 Å². The topological polar surface area (TPSA) is 46.5 Å². The highest BCUT2D eigenvalue weighted by Gasteiger charge is 2.28. The first-order chi connectivity index (χ1) is 10.8. The third-order valence-corrected chi connectivity index (χ3v) is 3.61. The molecule has 0 heterocycles. The van der Waals surface area contributed by atoms with Crippen molar-refractivity contribution in [1.29, 1.82) is 0 Å². The minimum Gasteiger partial charge on any atom is -0.460 e. The predicted molar refractivity (Wildman–Crippen MR) is 91.8 cm³/mol. The molecule has 23 heavy (non-hydrogen) atoms. The summed E-state index contributed by atoms with van der Waals surface area (Å²) in [6.07, 6.45) is -0.880. The molecule has 2 aromatic carbocycles. The number of carbonyl (C=O) groups excluding carboxylic acids is 1. The number of ether oxygens (including phenoxy) is 1. The van der Waals surface area contributed by atoms with Crippen molar-refractivity contribution in [1.82, 2.24) is 0 Å². The van der Waals surface area contributed by atoms with Crippen LogP contribution in [0.4, 0.5) is 0 Å². The van der Waals surface area contributed by atoms with Crippen LogP contribution < -0.4 is 0 Å². The summed E-state index contributed by atoms with van der Waals surface area (Å²) in [4.78, 5) is 12.1. The standard InChI is InChI=1S/C20H24O3/c1-14(19(22)23-20(2,3)4)18(21)17-12-10-16(11-13-17)15-8-6-5-7-9-15/h5-14,18,21H,1-4H3/t14-,18+/m1/s1. The highest BCUT2D eigenvalue weighted by molar-refractivity contribution is 5.73. The summed E-state index contributed by atoms with van der Waals surface area (Å²) in [5.41, 5.74) is 2.35. The molecule has 0 bridgehead atoms. The highest BCUT2D eigenvalue weighted by Crippen LogP contribution is 2.27. The quantitative estimate of drug-likeness (QED) is 0.853. The van der Waals surface area contributed by atoms with Gasteiger partial charge >= 0.3 is 5.97 Å². The summed E-state index contributed by atoms with van der Waals surface area (Å²) in [6.45, 7) is 7.14. The van der Waals surface area contributed by atoms with Gasteiger partial charge in [0.2, 0.25) is 0 Å². The van der Waals surface area contributed by atoms with E-state index in [1.807, 2.05) is 75.4 Å². The van der Waals surface area contributed by atoms with Crippen LogP contribution in [0.1, 0.15) is 39.4 Å². The summed E-state index contributed by atoms with van der Waals surface area (Å²) in [5.74, 6) is -1.01. The SMILES string of the molecule is C[C@@H](C(=O)OC(C)(C)C)[C@H](O)c1ccc(-c2ccccc2)cc1. The second kappa shape index (κ2) is 6.97. The van der Waals surface area contributed by atoms with E-state index in [2.05, 4.69) is 0 Å². The van der Waals surface area contributed by atoms with Gasteiger partial charge < -0.3 is 9.84 Å². The van der Waals surface area contributed by atoms with Gasteiger partial charge in [0, 0.05) is 0 Å². The Hall–Kier alpha value is -2.13. The Balaban J connectivity index is 2.11. The summed E-state index contributed by atoms with van der Waals surface area (Å²) in [7, 11) is 0. The van der Waals surface area contributed by atoms with Gasteiger partial charge in [-0.25, -0.2) is 0 Å². The lowest BCUT2D eigenvalue weighted by atomic mass is 9.95. The molecule has 0 aromatic heterocycles. The van der Waals surface area contributed by atoms with Crippen molar-refractivity contribution in [2.75, 3.05) is 0 Å². The number of aliphatic hydroxyl groups is 1. The van der Waals surface area contributed by atoms with Gasteiger partial charge in [0.05, 0.1) is 12.0 Å². The second-order valence-electron chi connectivity index (χ2n) is 6.76. The van der Waals surface area contributed by atoms with Crippen molar-refractivity contribution in [3.05, 3.63) is 60.2 Å². The maximum absolute atomic E-state index is 12.1. The Morgan fingerprint density at radius 3 is 2.00 bits per heavy atom. The monoisotopic (exact) mass is 312 g/mol. The Bertz CT molecular complexity index is 639. The number of aliphatic hydroxyl groups excluding tert-OH is 1. The average molecular weight is 312 g/mol. The average Bonchev–Trinajstić information content (AvgIpc) is 2.53. The summed E-state index contributed by atoms with van der Waals surface area (Å²) in [5, 5.41) is 10.4. The number of rotatable bonds is 4. The van der Waals surface area contributed by atoms with Crippen molar-refractivity contribution < 1.29 is 14.6 Å². The maximum atomic E-state index is 12.1. The minimum atomic E-state index is -0.880. The number of benzene rings is 2. The van der Waals surface area contributed by atoms with E-state index in [1.165, 1.54) is 0 Å². The summed E-state index contributed by atoms with van der Waals surface area (Å²) < 4.78 is 5.34. The molecule has 0 saturated heterocycles. The van der Waals surface area contributed by atoms with E-state index in [0.29, 0.717) is 5.56 Å². The van der Waals surface area contributed by atoms with Gasteiger partial charge in [-0.15, -0.1) is 0 Å². The van der Waals surface area contributed by atoms with Crippen LogP contribution in [0.3, 0.4) is 0 Å². The second-order valence-corrected chi connectivity index (χ2v) is 6.76. The van der Waals surface area contributed by atoms with Crippen molar-refractivity contribution in [2.24, 2.45) is 5.92 Å². The zero-order valence-corrected chi connectivity index (χ0v) is 14.1. The fourth-order valence-corrected chi connectivity index (χ4v) is 2.32. The molecular weight excluding hydrogens is 288 g/mol. The Morgan fingerprint density at radius 1 is 0.957 bits per heavy atom. The number of carbonyl (C=O) groups is 1. The van der Waals surface area contributed by atoms with Crippen LogP contribution in [0.15, 0.2) is 54.6 Å². The smallest absolute Gasteiger partial charge is 0.312 e. The fraction of sp³-hybridized carbons (Fsp3) is 0.350. The van der Waals surface area contributed by atoms with Crippen molar-refractivity contribution in [3.8, 4) is 11.1 Å². The molecule has 2 atom stereocenters. The lowest BCUT2D eigenvalue weighted by Gasteiger charge is -2.24. The lowest BCUT2D eigenvalue weighted by Crippen LogP contribution is -2.30. The van der Waals surface area contributed by atoms with Crippen LogP contribution in [-0.4, -0.2) is 16.7 Å². The first-order valence-electron chi connectivity index (χ1n) is 7.84. The molecule has 0 saturated carbocycles. The number of esters is 1. The predicted octanol–water partition coefficient (Wildman–Crippen LogP) is 4.36. The highest BCUT2D eigenvalue weighted by atomic mass is 16.6. The van der Waals surface area contributed by atoms with Crippen LogP contribution in [0, 0.1) is 5.92 Å². The van der Waals surface area contributed by atoms with E-state index < -0.39 is 23.6 Å². The maximum Gasteiger partial charge on any atom is 0.312 e. The van der Waals surface area contributed by atoms with Crippen molar-refractivity contribution >= 4 is 5.97 Å². The first-order valence-corrected chi connectivity index (χ1v) is 7.84. The van der Waals surface area contributed by atoms with E-state index in [-0.39, 0.29) is 0 Å². The molecule has 3 heteroatoms. The van der Waals surface area contributed by atoms with Gasteiger partial charge in [0.1, 0.15) is 5.60 Å². The third kappa shape index (κ3) is 4.67. The molecule has 1 N–H and O–H groups in total. The van der Waals surface area contributed by atoms with Gasteiger partial charge in [0.25, 0.3) is 0 Å². The van der Waals surface area contributed by atoms with Gasteiger partial charge in [-0.1, -0.05) is 54.6 Å². The summed E-state index contributed by atoms with van der Waals surface area (Å²) >= 11 is 0. The van der Waals surface area contributed by atoms with Crippen LogP contribution in [0.2, 0.25) is 0 Å². The molecule has 0 aliphatic heterocycles. The molecule has 3 nitrogen and oxygen atoms in total. The van der Waals surface area contributed by atoms with Crippen LogP contribution >= 0.6 is 0 Å². The minimum absolute atomic E-state index is 0.392. The van der Waals surface area contributed by atoms with Crippen molar-refractivity contribution in [2.45, 2.75) is 39.4 Å². The van der Waals surface area contributed by atoms with E-state index in [9.17, 15) is 9.90 Å². The zero-order valence-electron chi connectivity index (χ0n) is 14.1. The van der Waals surface area contributed by atoms with E-state index in [1.54, 1.807) is 6.92 Å². The summed E-state index contributed by atoms with van der Waals surface area (Å²) in [6, 6.07) is 17.6. The van der Waals surface area contributed by atoms with Crippen LogP contribution in [0.25, 0.3) is 11.1 Å².